The van der Waals surface area contributed by atoms with Crippen molar-refractivity contribution in [1.82, 2.24) is 4.98 Å². The van der Waals surface area contributed by atoms with Crippen LogP contribution in [0.3, 0.4) is 0 Å². The van der Waals surface area contributed by atoms with E-state index in [-0.39, 0.29) is 11.4 Å². The summed E-state index contributed by atoms with van der Waals surface area (Å²) in [6.07, 6.45) is 2.93. The first-order valence-corrected chi connectivity index (χ1v) is 8.05. The molecule has 0 aliphatic heterocycles. The Hall–Kier alpha value is -3.26. The molecule has 126 valence electrons. The number of fused-ring (bicyclic) bond motifs is 1. The lowest BCUT2D eigenvalue weighted by Gasteiger charge is -2.08. The Kier molecular flexibility index (Phi) is 4.71. The number of thiazole rings is 1. The Balaban J connectivity index is 1.77. The highest BCUT2D eigenvalue weighted by molar-refractivity contribution is 7.19. The number of benzene rings is 2. The minimum Gasteiger partial charge on any atom is -0.495 e. The third-order valence-electron chi connectivity index (χ3n) is 3.34. The lowest BCUT2D eigenvalue weighted by atomic mass is 10.2. The Morgan fingerprint density at radius 1 is 1.32 bits per heavy atom. The SMILES string of the molecule is COc1ccc([N+](=O)[O-])cc1NC(=O)C=Cc1nc2ccccc2s1. The molecule has 0 atom stereocenters. The molecular weight excluding hydrogens is 342 g/mol. The zero-order valence-corrected chi connectivity index (χ0v) is 13.9. The van der Waals surface area contributed by atoms with Gasteiger partial charge in [-0.2, -0.15) is 0 Å². The van der Waals surface area contributed by atoms with E-state index in [2.05, 4.69) is 10.3 Å². The minimum absolute atomic E-state index is 0.133. The number of nitrogens with one attached hydrogen (secondary N) is 1. The lowest BCUT2D eigenvalue weighted by molar-refractivity contribution is -0.384. The number of para-hydroxylation sites is 1. The molecule has 0 aliphatic carbocycles. The highest BCUT2D eigenvalue weighted by Crippen LogP contribution is 2.29. The predicted molar refractivity (Wildman–Crippen MR) is 96.9 cm³/mol. The number of aromatic nitrogens is 1. The van der Waals surface area contributed by atoms with E-state index in [0.717, 1.165) is 10.2 Å². The maximum atomic E-state index is 12.1. The number of non-ortho nitro benzene ring substituents is 1. The molecule has 2 aromatic carbocycles. The van der Waals surface area contributed by atoms with Crippen LogP contribution in [0, 0.1) is 10.1 Å². The number of ether oxygens (including phenoxy) is 1. The second-order valence-electron chi connectivity index (χ2n) is 4.98. The molecule has 3 rings (SSSR count). The summed E-state index contributed by atoms with van der Waals surface area (Å²) in [6, 6.07) is 11.7. The molecule has 0 aliphatic rings. The molecule has 1 N–H and O–H groups in total. The zero-order chi connectivity index (χ0) is 17.8. The van der Waals surface area contributed by atoms with Crippen LogP contribution in [0.15, 0.2) is 48.5 Å². The standard InChI is InChI=1S/C17H13N3O4S/c1-24-14-7-6-11(20(22)23)10-13(14)18-16(21)8-9-17-19-12-4-2-3-5-15(12)25-17/h2-10H,1H3,(H,18,21). The van der Waals surface area contributed by atoms with Gasteiger partial charge in [0.25, 0.3) is 5.69 Å². The van der Waals surface area contributed by atoms with E-state index in [0.29, 0.717) is 10.8 Å². The fourth-order valence-electron chi connectivity index (χ4n) is 2.19. The number of amides is 1. The molecular formula is C17H13N3O4S. The van der Waals surface area contributed by atoms with Crippen molar-refractivity contribution < 1.29 is 14.5 Å². The molecule has 0 saturated heterocycles. The first-order chi connectivity index (χ1) is 12.1. The predicted octanol–water partition coefficient (Wildman–Crippen LogP) is 3.87. The zero-order valence-electron chi connectivity index (χ0n) is 13.1. The van der Waals surface area contributed by atoms with Crippen molar-refractivity contribution >= 4 is 44.9 Å². The van der Waals surface area contributed by atoms with Crippen molar-refractivity contribution in [1.29, 1.82) is 0 Å². The van der Waals surface area contributed by atoms with Crippen LogP contribution >= 0.6 is 11.3 Å². The summed E-state index contributed by atoms with van der Waals surface area (Å²) in [7, 11) is 1.42. The molecule has 1 aromatic heterocycles. The monoisotopic (exact) mass is 355 g/mol. The first-order valence-electron chi connectivity index (χ1n) is 7.24. The van der Waals surface area contributed by atoms with Crippen LogP contribution in [0.2, 0.25) is 0 Å². The van der Waals surface area contributed by atoms with Crippen molar-refractivity contribution in [2.24, 2.45) is 0 Å². The Morgan fingerprint density at radius 3 is 2.84 bits per heavy atom. The molecule has 1 heterocycles. The highest BCUT2D eigenvalue weighted by Gasteiger charge is 2.12. The lowest BCUT2D eigenvalue weighted by Crippen LogP contribution is -2.09. The number of nitro groups is 1. The molecule has 8 heteroatoms. The van der Waals surface area contributed by atoms with E-state index in [4.69, 9.17) is 4.74 Å². The number of carbonyl (C=O) groups excluding carboxylic acids is 1. The molecule has 0 saturated carbocycles. The Morgan fingerprint density at radius 2 is 2.12 bits per heavy atom. The molecule has 7 nitrogen and oxygen atoms in total. The number of methoxy groups -OCH3 is 1. The summed E-state index contributed by atoms with van der Waals surface area (Å²) in [5.41, 5.74) is 0.967. The van der Waals surface area contributed by atoms with Crippen LogP contribution in [0.1, 0.15) is 5.01 Å². The van der Waals surface area contributed by atoms with E-state index < -0.39 is 10.8 Å². The van der Waals surface area contributed by atoms with Crippen LogP contribution in [0.5, 0.6) is 5.75 Å². The molecule has 3 aromatic rings. The van der Waals surface area contributed by atoms with Gasteiger partial charge in [0.1, 0.15) is 10.8 Å². The number of hydrogen-bond donors (Lipinski definition) is 1. The molecule has 0 bridgehead atoms. The second-order valence-corrected chi connectivity index (χ2v) is 6.05. The van der Waals surface area contributed by atoms with Gasteiger partial charge in [0, 0.05) is 18.2 Å². The second kappa shape index (κ2) is 7.10. The number of hydrogen-bond acceptors (Lipinski definition) is 6. The normalized spacial score (nSPS) is 10.9. The van der Waals surface area contributed by atoms with E-state index in [9.17, 15) is 14.9 Å². The van der Waals surface area contributed by atoms with Crippen LogP contribution in [0.25, 0.3) is 16.3 Å². The minimum atomic E-state index is -0.536. The molecule has 0 radical (unpaired) electrons. The van der Waals surface area contributed by atoms with Crippen LogP contribution < -0.4 is 10.1 Å². The van der Waals surface area contributed by atoms with Gasteiger partial charge in [-0.05, 0) is 24.3 Å². The van der Waals surface area contributed by atoms with Crippen LogP contribution in [0.4, 0.5) is 11.4 Å². The van der Waals surface area contributed by atoms with Gasteiger partial charge in [0.15, 0.2) is 0 Å². The average Bonchev–Trinajstić information content (AvgIpc) is 3.03. The summed E-state index contributed by atoms with van der Waals surface area (Å²) in [5.74, 6) is -0.0922. The maximum absolute atomic E-state index is 12.1. The van der Waals surface area contributed by atoms with Crippen molar-refractivity contribution in [2.75, 3.05) is 12.4 Å². The molecule has 0 spiro atoms. The first kappa shape index (κ1) is 16.6. The van der Waals surface area contributed by atoms with E-state index >= 15 is 0 Å². The summed E-state index contributed by atoms with van der Waals surface area (Å²) in [4.78, 5) is 26.8. The van der Waals surface area contributed by atoms with Gasteiger partial charge in [-0.15, -0.1) is 11.3 Å². The van der Waals surface area contributed by atoms with Crippen LogP contribution in [-0.4, -0.2) is 22.9 Å². The van der Waals surface area contributed by atoms with Gasteiger partial charge in [0.05, 0.1) is 27.9 Å². The van der Waals surface area contributed by atoms with Gasteiger partial charge < -0.3 is 10.1 Å². The van der Waals surface area contributed by atoms with E-state index in [1.54, 1.807) is 6.08 Å². The number of anilines is 1. The fraction of sp³-hybridized carbons (Fsp3) is 0.0588. The molecule has 1 amide bonds. The number of rotatable bonds is 5. The summed E-state index contributed by atoms with van der Waals surface area (Å²) in [5, 5.41) is 14.1. The van der Waals surface area contributed by atoms with Gasteiger partial charge in [-0.25, -0.2) is 4.98 Å². The molecule has 25 heavy (non-hydrogen) atoms. The number of carbonyl (C=O) groups is 1. The highest BCUT2D eigenvalue weighted by atomic mass is 32.1. The van der Waals surface area contributed by atoms with E-state index in [1.165, 1.54) is 42.7 Å². The number of nitrogens with zero attached hydrogens (tertiary/aromatic N) is 2. The molecule has 0 unspecified atom stereocenters. The van der Waals surface area contributed by atoms with Gasteiger partial charge >= 0.3 is 0 Å². The molecule has 0 fully saturated rings. The summed E-state index contributed by atoms with van der Waals surface area (Å²) >= 11 is 1.47. The third-order valence-corrected chi connectivity index (χ3v) is 4.34. The van der Waals surface area contributed by atoms with Crippen molar-refractivity contribution in [2.45, 2.75) is 0 Å². The van der Waals surface area contributed by atoms with Crippen molar-refractivity contribution in [3.05, 3.63) is 63.7 Å². The topological polar surface area (TPSA) is 94.4 Å². The maximum Gasteiger partial charge on any atom is 0.271 e. The quantitative estimate of drug-likeness (QED) is 0.426. The third kappa shape index (κ3) is 3.81. The van der Waals surface area contributed by atoms with Gasteiger partial charge in [-0.3, -0.25) is 14.9 Å². The van der Waals surface area contributed by atoms with Crippen molar-refractivity contribution in [3.63, 3.8) is 0 Å². The fourth-order valence-corrected chi connectivity index (χ4v) is 3.06. The average molecular weight is 355 g/mol. The Labute approximate surface area is 146 Å². The largest absolute Gasteiger partial charge is 0.495 e. The van der Waals surface area contributed by atoms with Crippen molar-refractivity contribution in [3.8, 4) is 5.75 Å². The number of nitro benzene ring substituents is 1. The van der Waals surface area contributed by atoms with Gasteiger partial charge in [-0.1, -0.05) is 12.1 Å². The Bertz CT molecular complexity index is 948. The van der Waals surface area contributed by atoms with Crippen LogP contribution in [-0.2, 0) is 4.79 Å². The summed E-state index contributed by atoms with van der Waals surface area (Å²) < 4.78 is 6.14. The van der Waals surface area contributed by atoms with Gasteiger partial charge in [0.2, 0.25) is 5.91 Å². The summed E-state index contributed by atoms with van der Waals surface area (Å²) in [6.45, 7) is 0. The van der Waals surface area contributed by atoms with E-state index in [1.807, 2.05) is 24.3 Å². The smallest absolute Gasteiger partial charge is 0.271 e.